The Labute approximate surface area is 107 Å². The van der Waals surface area contributed by atoms with Crippen LogP contribution in [0.5, 0.6) is 0 Å². The number of aliphatic carboxylic acids is 1. The van der Waals surface area contributed by atoms with Crippen molar-refractivity contribution in [1.29, 1.82) is 0 Å². The molecule has 0 aliphatic rings. The smallest absolute Gasteiger partial charge is 0.316 e. The lowest BCUT2D eigenvalue weighted by molar-refractivity contribution is -0.388. The average molecular weight is 291 g/mol. The highest BCUT2D eigenvalue weighted by molar-refractivity contribution is 7.86. The zero-order valence-electron chi connectivity index (χ0n) is 9.19. The van der Waals surface area contributed by atoms with Crippen molar-refractivity contribution in [2.45, 2.75) is 9.79 Å². The van der Waals surface area contributed by atoms with Crippen LogP contribution in [0.15, 0.2) is 28.0 Å². The summed E-state index contributed by atoms with van der Waals surface area (Å²) < 4.78 is 22.8. The van der Waals surface area contributed by atoms with Crippen molar-refractivity contribution in [3.05, 3.63) is 28.3 Å². The molecule has 9 heteroatoms. The number of carboxylic acid groups (broad SMARTS) is 1. The van der Waals surface area contributed by atoms with E-state index in [2.05, 4.69) is 0 Å². The third-order valence-electron chi connectivity index (χ3n) is 1.96. The van der Waals surface area contributed by atoms with Crippen LogP contribution in [0.1, 0.15) is 0 Å². The maximum absolute atomic E-state index is 11.6. The van der Waals surface area contributed by atoms with E-state index in [4.69, 9.17) is 5.11 Å². The second kappa shape index (κ2) is 5.83. The van der Waals surface area contributed by atoms with Gasteiger partial charge in [0.1, 0.15) is 10.6 Å². The fourth-order valence-corrected chi connectivity index (χ4v) is 2.70. The van der Waals surface area contributed by atoms with Crippen LogP contribution in [-0.2, 0) is 26.4 Å². The minimum atomic E-state index is -2.01. The summed E-state index contributed by atoms with van der Waals surface area (Å²) in [6, 6.07) is 3.55. The molecule has 0 aliphatic carbocycles. The number of hydrogen-bond donors (Lipinski definition) is 1. The van der Waals surface area contributed by atoms with Gasteiger partial charge in [0.25, 0.3) is 5.69 Å². The standard InChI is InChI=1S/C9H9NO6S2/c1-17(15)6-2-3-8(7(4-6)10(13)14)18(16)5-9(11)12/h2-4H,5H2,1H3,(H,11,12)/t17-,18+/m1/s1. The fourth-order valence-electron chi connectivity index (χ4n) is 1.20. The van der Waals surface area contributed by atoms with Gasteiger partial charge >= 0.3 is 5.97 Å². The lowest BCUT2D eigenvalue weighted by Gasteiger charge is -2.03. The van der Waals surface area contributed by atoms with E-state index in [0.717, 1.165) is 6.07 Å². The summed E-state index contributed by atoms with van der Waals surface area (Å²) in [4.78, 5) is 20.5. The SMILES string of the molecule is C[S@@](=O)c1ccc([S@@](=O)CC(=O)O)c([N+](=O)[O-])c1. The minimum absolute atomic E-state index is 0.184. The number of nitrogens with zero attached hydrogens (tertiary/aromatic N) is 1. The molecule has 0 fully saturated rings. The largest absolute Gasteiger partial charge is 0.481 e. The van der Waals surface area contributed by atoms with Crippen molar-refractivity contribution in [2.24, 2.45) is 0 Å². The number of hydrogen-bond acceptors (Lipinski definition) is 5. The molecule has 1 rings (SSSR count). The molecule has 0 saturated heterocycles. The summed E-state index contributed by atoms with van der Waals surface area (Å²) in [6.07, 6.45) is 1.35. The van der Waals surface area contributed by atoms with Gasteiger partial charge in [0.2, 0.25) is 0 Å². The number of nitro groups is 1. The molecule has 2 atom stereocenters. The van der Waals surface area contributed by atoms with Crippen LogP contribution >= 0.6 is 0 Å². The first kappa shape index (κ1) is 14.5. The fraction of sp³-hybridized carbons (Fsp3) is 0.222. The molecule has 0 saturated carbocycles. The van der Waals surface area contributed by atoms with Gasteiger partial charge < -0.3 is 5.11 Å². The number of benzene rings is 1. The van der Waals surface area contributed by atoms with Crippen molar-refractivity contribution in [1.82, 2.24) is 0 Å². The molecule has 0 bridgehead atoms. The van der Waals surface area contributed by atoms with Crippen LogP contribution in [0.25, 0.3) is 0 Å². The minimum Gasteiger partial charge on any atom is -0.481 e. The van der Waals surface area contributed by atoms with Gasteiger partial charge in [-0.25, -0.2) is 0 Å². The van der Waals surface area contributed by atoms with Crippen molar-refractivity contribution in [3.8, 4) is 0 Å². The van der Waals surface area contributed by atoms with Crippen LogP contribution in [-0.4, -0.2) is 36.4 Å². The lowest BCUT2D eigenvalue weighted by atomic mass is 10.3. The Morgan fingerprint density at radius 3 is 2.50 bits per heavy atom. The summed E-state index contributed by atoms with van der Waals surface area (Å²) in [5.41, 5.74) is -0.484. The topological polar surface area (TPSA) is 115 Å². The third kappa shape index (κ3) is 3.44. The molecule has 18 heavy (non-hydrogen) atoms. The molecule has 1 aromatic carbocycles. The lowest BCUT2D eigenvalue weighted by Crippen LogP contribution is -2.11. The first-order valence-corrected chi connectivity index (χ1v) is 7.42. The van der Waals surface area contributed by atoms with Crippen molar-refractivity contribution in [2.75, 3.05) is 12.0 Å². The first-order chi connectivity index (χ1) is 8.32. The molecule has 98 valence electrons. The van der Waals surface area contributed by atoms with Crippen LogP contribution < -0.4 is 0 Å². The highest BCUT2D eigenvalue weighted by atomic mass is 32.2. The molecule has 1 aromatic rings. The summed E-state index contributed by atoms with van der Waals surface area (Å²) in [7, 11) is -3.42. The molecule has 0 amide bonds. The molecular formula is C9H9NO6S2. The van der Waals surface area contributed by atoms with E-state index in [1.165, 1.54) is 18.4 Å². The van der Waals surface area contributed by atoms with E-state index in [-0.39, 0.29) is 9.79 Å². The Kier molecular flexibility index (Phi) is 4.68. The number of rotatable bonds is 5. The molecule has 0 spiro atoms. The Hall–Kier alpha value is -1.61. The quantitative estimate of drug-likeness (QED) is 0.625. The molecule has 0 radical (unpaired) electrons. The number of carboxylic acids is 1. The van der Waals surface area contributed by atoms with E-state index < -0.39 is 43.9 Å². The Balaban J connectivity index is 3.27. The summed E-state index contributed by atoms with van der Waals surface area (Å²) >= 11 is 0. The average Bonchev–Trinajstić information content (AvgIpc) is 2.26. The zero-order valence-corrected chi connectivity index (χ0v) is 10.8. The molecule has 7 nitrogen and oxygen atoms in total. The van der Waals surface area contributed by atoms with E-state index in [9.17, 15) is 23.3 Å². The van der Waals surface area contributed by atoms with Crippen LogP contribution in [0.2, 0.25) is 0 Å². The second-order valence-electron chi connectivity index (χ2n) is 3.22. The predicted molar refractivity (Wildman–Crippen MR) is 64.3 cm³/mol. The van der Waals surface area contributed by atoms with Gasteiger partial charge in [-0.15, -0.1) is 0 Å². The van der Waals surface area contributed by atoms with Gasteiger partial charge in [0.15, 0.2) is 0 Å². The normalized spacial score (nSPS) is 13.8. The maximum Gasteiger partial charge on any atom is 0.316 e. The van der Waals surface area contributed by atoms with Gasteiger partial charge in [0.05, 0.1) is 26.5 Å². The first-order valence-electron chi connectivity index (χ1n) is 4.55. The second-order valence-corrected chi connectivity index (χ2v) is 6.02. The van der Waals surface area contributed by atoms with E-state index in [0.29, 0.717) is 0 Å². The molecule has 1 N–H and O–H groups in total. The summed E-state index contributed by atoms with van der Waals surface area (Å²) in [6.45, 7) is 0. The van der Waals surface area contributed by atoms with Crippen LogP contribution in [0.4, 0.5) is 5.69 Å². The van der Waals surface area contributed by atoms with Gasteiger partial charge in [0, 0.05) is 17.2 Å². The van der Waals surface area contributed by atoms with E-state index in [1.807, 2.05) is 0 Å². The third-order valence-corrected chi connectivity index (χ3v) is 4.22. The molecule has 0 heterocycles. The Morgan fingerprint density at radius 1 is 1.44 bits per heavy atom. The highest BCUT2D eigenvalue weighted by Gasteiger charge is 2.22. The van der Waals surface area contributed by atoms with Gasteiger partial charge in [-0.2, -0.15) is 0 Å². The van der Waals surface area contributed by atoms with Crippen LogP contribution in [0.3, 0.4) is 0 Å². The van der Waals surface area contributed by atoms with Gasteiger partial charge in [-0.3, -0.25) is 23.3 Å². The van der Waals surface area contributed by atoms with E-state index in [1.54, 1.807) is 0 Å². The maximum atomic E-state index is 11.6. The summed E-state index contributed by atoms with van der Waals surface area (Å²) in [5.74, 6) is -2.03. The molecule has 0 aromatic heterocycles. The highest BCUT2D eigenvalue weighted by Crippen LogP contribution is 2.25. The number of carbonyl (C=O) groups is 1. The number of nitro benzene ring substituents is 1. The van der Waals surface area contributed by atoms with Crippen molar-refractivity contribution >= 4 is 33.3 Å². The van der Waals surface area contributed by atoms with Crippen LogP contribution in [0, 0.1) is 10.1 Å². The van der Waals surface area contributed by atoms with Gasteiger partial charge in [-0.05, 0) is 12.1 Å². The summed E-state index contributed by atoms with van der Waals surface area (Å²) in [5, 5.41) is 19.3. The van der Waals surface area contributed by atoms with E-state index >= 15 is 0 Å². The molecule has 0 unspecified atom stereocenters. The molecule has 0 aliphatic heterocycles. The van der Waals surface area contributed by atoms with Crippen molar-refractivity contribution in [3.63, 3.8) is 0 Å². The van der Waals surface area contributed by atoms with Gasteiger partial charge in [-0.1, -0.05) is 0 Å². The predicted octanol–water partition coefficient (Wildman–Crippen LogP) is 0.524. The monoisotopic (exact) mass is 291 g/mol. The van der Waals surface area contributed by atoms with Crippen molar-refractivity contribution < 1.29 is 23.2 Å². The zero-order chi connectivity index (χ0) is 13.9. The Bertz CT molecular complexity index is 556. The Morgan fingerprint density at radius 2 is 2.06 bits per heavy atom. The molecular weight excluding hydrogens is 282 g/mol.